The topological polar surface area (TPSA) is 98.2 Å². The second-order valence-corrected chi connectivity index (χ2v) is 4.69. The summed E-state index contributed by atoms with van der Waals surface area (Å²) >= 11 is 11.8. The van der Waals surface area contributed by atoms with E-state index in [0.29, 0.717) is 22.2 Å². The van der Waals surface area contributed by atoms with Crippen LogP contribution in [0.5, 0.6) is 0 Å². The Balaban J connectivity index is 2.15. The molecule has 10 heteroatoms. The third kappa shape index (κ3) is 3.67. The predicted octanol–water partition coefficient (Wildman–Crippen LogP) is 2.96. The number of anilines is 1. The van der Waals surface area contributed by atoms with E-state index < -0.39 is 10.9 Å². The van der Waals surface area contributed by atoms with Gasteiger partial charge in [-0.1, -0.05) is 29.3 Å². The van der Waals surface area contributed by atoms with Crippen LogP contribution in [-0.2, 0) is 6.54 Å². The molecule has 2 aromatic rings. The fourth-order valence-electron chi connectivity index (χ4n) is 1.48. The number of hydrogen-bond acceptors (Lipinski definition) is 6. The first kappa shape index (κ1) is 15.2. The first-order valence-corrected chi connectivity index (χ1v) is 6.60. The van der Waals surface area contributed by atoms with E-state index >= 15 is 0 Å². The molecule has 2 rings (SSSR count). The van der Waals surface area contributed by atoms with Crippen LogP contribution in [0.1, 0.15) is 12.5 Å². The number of nitrogens with zero attached hydrogens (tertiary/aromatic N) is 5. The van der Waals surface area contributed by atoms with Gasteiger partial charge in [0.05, 0.1) is 17.8 Å². The molecule has 1 N–H and O–H groups in total. The summed E-state index contributed by atoms with van der Waals surface area (Å²) < 4.78 is 1.33. The van der Waals surface area contributed by atoms with E-state index in [4.69, 9.17) is 23.2 Å². The summed E-state index contributed by atoms with van der Waals surface area (Å²) in [5.41, 5.74) is 3.24. The summed E-state index contributed by atoms with van der Waals surface area (Å²) in [5.74, 6) is -0.315. The number of benzene rings is 1. The lowest BCUT2D eigenvalue weighted by atomic mass is 10.2. The van der Waals surface area contributed by atoms with Crippen molar-refractivity contribution < 1.29 is 4.92 Å². The summed E-state index contributed by atoms with van der Waals surface area (Å²) in [5, 5.41) is 19.2. The minimum atomic E-state index is -0.670. The summed E-state index contributed by atoms with van der Waals surface area (Å²) in [6.07, 6.45) is 1.46. The molecule has 0 amide bonds. The lowest BCUT2D eigenvalue weighted by Crippen LogP contribution is -2.03. The first-order valence-electron chi connectivity index (χ1n) is 5.84. The van der Waals surface area contributed by atoms with Crippen LogP contribution in [0.15, 0.2) is 23.3 Å². The van der Waals surface area contributed by atoms with E-state index in [2.05, 4.69) is 20.6 Å². The summed E-state index contributed by atoms with van der Waals surface area (Å²) in [6, 6.07) is 4.96. The number of nitro groups is 1. The SMILES string of the molecule is CCn1nc([N+](=O)[O-])nc1N/N=C/c1ccc(Cl)cc1Cl. The molecule has 1 aromatic heterocycles. The van der Waals surface area contributed by atoms with Gasteiger partial charge in [0.25, 0.3) is 0 Å². The van der Waals surface area contributed by atoms with E-state index in [-0.39, 0.29) is 5.95 Å². The smallest absolute Gasteiger partial charge is 0.390 e. The van der Waals surface area contributed by atoms with Crippen molar-refractivity contribution in [2.24, 2.45) is 5.10 Å². The molecule has 0 radical (unpaired) electrons. The molecule has 110 valence electrons. The monoisotopic (exact) mass is 328 g/mol. The van der Waals surface area contributed by atoms with Crippen molar-refractivity contribution in [1.29, 1.82) is 0 Å². The molecule has 0 spiro atoms. The Morgan fingerprint density at radius 1 is 1.52 bits per heavy atom. The van der Waals surface area contributed by atoms with Crippen LogP contribution in [0.3, 0.4) is 0 Å². The first-order chi connectivity index (χ1) is 10.0. The van der Waals surface area contributed by atoms with Crippen molar-refractivity contribution in [2.45, 2.75) is 13.5 Å². The van der Waals surface area contributed by atoms with Gasteiger partial charge < -0.3 is 10.1 Å². The van der Waals surface area contributed by atoms with Gasteiger partial charge in [-0.3, -0.25) is 0 Å². The van der Waals surface area contributed by atoms with Crippen molar-refractivity contribution in [3.63, 3.8) is 0 Å². The number of nitrogens with one attached hydrogen (secondary N) is 1. The van der Waals surface area contributed by atoms with E-state index in [1.807, 2.05) is 0 Å². The minimum absolute atomic E-state index is 0.172. The highest BCUT2D eigenvalue weighted by atomic mass is 35.5. The maximum atomic E-state index is 10.6. The van der Waals surface area contributed by atoms with Gasteiger partial charge in [-0.15, -0.1) is 0 Å². The average Bonchev–Trinajstić information content (AvgIpc) is 2.85. The quantitative estimate of drug-likeness (QED) is 0.516. The lowest BCUT2D eigenvalue weighted by Gasteiger charge is -1.98. The van der Waals surface area contributed by atoms with Crippen molar-refractivity contribution >= 4 is 41.3 Å². The number of aromatic nitrogens is 3. The molecule has 21 heavy (non-hydrogen) atoms. The maximum Gasteiger partial charge on any atom is 0.493 e. The Labute approximate surface area is 129 Å². The van der Waals surface area contributed by atoms with Crippen LogP contribution < -0.4 is 5.43 Å². The average molecular weight is 329 g/mol. The van der Waals surface area contributed by atoms with Gasteiger partial charge in [-0.2, -0.15) is 9.78 Å². The lowest BCUT2D eigenvalue weighted by molar-refractivity contribution is -0.394. The van der Waals surface area contributed by atoms with Crippen LogP contribution >= 0.6 is 23.2 Å². The van der Waals surface area contributed by atoms with Crippen LogP contribution in [0.25, 0.3) is 0 Å². The highest BCUT2D eigenvalue weighted by molar-refractivity contribution is 6.36. The van der Waals surface area contributed by atoms with Crippen LogP contribution in [0.4, 0.5) is 11.9 Å². The van der Waals surface area contributed by atoms with Crippen molar-refractivity contribution in [3.8, 4) is 0 Å². The van der Waals surface area contributed by atoms with E-state index in [1.54, 1.807) is 25.1 Å². The third-order valence-corrected chi connectivity index (χ3v) is 3.02. The van der Waals surface area contributed by atoms with Crippen LogP contribution in [-0.4, -0.2) is 25.9 Å². The molecule has 1 heterocycles. The number of hydrogen-bond donors (Lipinski definition) is 1. The maximum absolute atomic E-state index is 10.6. The van der Waals surface area contributed by atoms with E-state index in [0.717, 1.165) is 0 Å². The van der Waals surface area contributed by atoms with Gasteiger partial charge >= 0.3 is 11.9 Å². The van der Waals surface area contributed by atoms with Crippen molar-refractivity contribution in [3.05, 3.63) is 43.9 Å². The number of aryl methyl sites for hydroxylation is 1. The number of rotatable bonds is 5. The zero-order chi connectivity index (χ0) is 15.4. The predicted molar refractivity (Wildman–Crippen MR) is 80.0 cm³/mol. The molecule has 0 saturated carbocycles. The summed E-state index contributed by atoms with van der Waals surface area (Å²) in [7, 11) is 0. The van der Waals surface area contributed by atoms with Gasteiger partial charge in [0.1, 0.15) is 0 Å². The summed E-state index contributed by atoms with van der Waals surface area (Å²) in [4.78, 5) is 13.7. The third-order valence-electron chi connectivity index (χ3n) is 2.45. The van der Waals surface area contributed by atoms with E-state index in [9.17, 15) is 10.1 Å². The molecule has 0 aliphatic carbocycles. The Morgan fingerprint density at radius 2 is 2.29 bits per heavy atom. The Hall–Kier alpha value is -2.19. The molecular formula is C11H10Cl2N6O2. The minimum Gasteiger partial charge on any atom is -0.390 e. The molecule has 0 unspecified atom stereocenters. The van der Waals surface area contributed by atoms with Gasteiger partial charge in [0.15, 0.2) is 0 Å². The number of halogens is 2. The fourth-order valence-corrected chi connectivity index (χ4v) is 1.93. The van der Waals surface area contributed by atoms with E-state index in [1.165, 1.54) is 10.9 Å². The zero-order valence-electron chi connectivity index (χ0n) is 10.8. The molecule has 0 aliphatic rings. The zero-order valence-corrected chi connectivity index (χ0v) is 12.3. The molecule has 0 atom stereocenters. The highest BCUT2D eigenvalue weighted by Crippen LogP contribution is 2.19. The van der Waals surface area contributed by atoms with Crippen molar-refractivity contribution in [2.75, 3.05) is 5.43 Å². The summed E-state index contributed by atoms with van der Waals surface area (Å²) in [6.45, 7) is 2.20. The fraction of sp³-hybridized carbons (Fsp3) is 0.182. The Kier molecular flexibility index (Phi) is 4.71. The molecule has 1 aromatic carbocycles. The molecular weight excluding hydrogens is 319 g/mol. The van der Waals surface area contributed by atoms with Crippen LogP contribution in [0, 0.1) is 10.1 Å². The molecule has 0 bridgehead atoms. The Morgan fingerprint density at radius 3 is 2.90 bits per heavy atom. The molecule has 0 aliphatic heterocycles. The van der Waals surface area contributed by atoms with Gasteiger partial charge in [-0.05, 0) is 29.0 Å². The van der Waals surface area contributed by atoms with Crippen molar-refractivity contribution in [1.82, 2.24) is 14.8 Å². The van der Waals surface area contributed by atoms with Gasteiger partial charge in [0.2, 0.25) is 0 Å². The van der Waals surface area contributed by atoms with Crippen LogP contribution in [0.2, 0.25) is 10.0 Å². The second-order valence-electron chi connectivity index (χ2n) is 3.84. The molecule has 8 nitrogen and oxygen atoms in total. The second kappa shape index (κ2) is 6.51. The molecule has 0 fully saturated rings. The largest absolute Gasteiger partial charge is 0.493 e. The van der Waals surface area contributed by atoms with Gasteiger partial charge in [0, 0.05) is 15.7 Å². The highest BCUT2D eigenvalue weighted by Gasteiger charge is 2.19. The standard InChI is InChI=1S/C11H10Cl2N6O2/c1-2-18-10(15-11(17-18)19(20)21)16-14-6-7-3-4-8(12)5-9(7)13/h3-6H,2H2,1H3,(H,15,16,17)/b14-6+. The number of hydrazone groups is 1. The van der Waals surface area contributed by atoms with Gasteiger partial charge in [-0.25, -0.2) is 5.43 Å². The Bertz CT molecular complexity index is 700. The molecule has 0 saturated heterocycles. The normalized spacial score (nSPS) is 11.0.